The van der Waals surface area contributed by atoms with Crippen LogP contribution in [0.5, 0.6) is 0 Å². The summed E-state index contributed by atoms with van der Waals surface area (Å²) in [6.07, 6.45) is 9.46. The number of rotatable bonds is 6. The van der Waals surface area contributed by atoms with E-state index < -0.39 is 0 Å². The predicted octanol–water partition coefficient (Wildman–Crippen LogP) is 3.77. The molecule has 0 radical (unpaired) electrons. The zero-order valence-corrected chi connectivity index (χ0v) is 11.5. The lowest BCUT2D eigenvalue weighted by atomic mass is 9.98. The average Bonchev–Trinajstić information content (AvgIpc) is 2.46. The zero-order chi connectivity index (χ0) is 13.5. The molecule has 0 saturated carbocycles. The van der Waals surface area contributed by atoms with Crippen LogP contribution in [0.2, 0.25) is 0 Å². The molecule has 0 aliphatic rings. The molecule has 0 bridgehead atoms. The molecule has 19 heavy (non-hydrogen) atoms. The van der Waals surface area contributed by atoms with E-state index in [1.807, 2.05) is 7.05 Å². The molecule has 2 aromatic carbocycles. The summed E-state index contributed by atoms with van der Waals surface area (Å²) in [7, 11) is 2.03. The molecule has 2 rings (SSSR count). The van der Waals surface area contributed by atoms with Crippen molar-refractivity contribution in [2.75, 3.05) is 7.05 Å². The summed E-state index contributed by atoms with van der Waals surface area (Å²) in [6.45, 7) is 0. The molecule has 1 nitrogen and oxygen atoms in total. The Kier molecular flexibility index (Phi) is 5.01. The van der Waals surface area contributed by atoms with E-state index in [4.69, 9.17) is 6.42 Å². The Morgan fingerprint density at radius 1 is 1.16 bits per heavy atom. The summed E-state index contributed by atoms with van der Waals surface area (Å²) in [5.41, 5.74) is 1.39. The Labute approximate surface area is 116 Å². The van der Waals surface area contributed by atoms with Gasteiger partial charge in [0, 0.05) is 12.5 Å². The van der Waals surface area contributed by atoms with Crippen LogP contribution in [0.3, 0.4) is 0 Å². The van der Waals surface area contributed by atoms with E-state index in [0.717, 1.165) is 25.7 Å². The fourth-order valence-corrected chi connectivity index (χ4v) is 2.45. The molecule has 1 atom stereocenters. The van der Waals surface area contributed by atoms with Gasteiger partial charge in [0.15, 0.2) is 0 Å². The van der Waals surface area contributed by atoms with Crippen molar-refractivity contribution in [3.05, 3.63) is 48.0 Å². The zero-order valence-electron chi connectivity index (χ0n) is 11.5. The average molecular weight is 251 g/mol. The van der Waals surface area contributed by atoms with E-state index in [2.05, 4.69) is 53.7 Å². The van der Waals surface area contributed by atoms with Crippen LogP contribution in [0.25, 0.3) is 10.8 Å². The van der Waals surface area contributed by atoms with Crippen LogP contribution in [-0.2, 0) is 6.42 Å². The lowest BCUT2D eigenvalue weighted by molar-refractivity contribution is 0.506. The fraction of sp³-hybridized carbons (Fsp3) is 0.333. The molecule has 1 heteroatoms. The van der Waals surface area contributed by atoms with Crippen molar-refractivity contribution in [3.8, 4) is 12.3 Å². The van der Waals surface area contributed by atoms with Gasteiger partial charge in [-0.05, 0) is 42.6 Å². The van der Waals surface area contributed by atoms with Gasteiger partial charge < -0.3 is 5.32 Å². The summed E-state index contributed by atoms with van der Waals surface area (Å²) < 4.78 is 0. The smallest absolute Gasteiger partial charge is 0.0105 e. The van der Waals surface area contributed by atoms with Gasteiger partial charge in [0.05, 0.1) is 0 Å². The molecule has 0 aliphatic heterocycles. The van der Waals surface area contributed by atoms with Crippen LogP contribution in [-0.4, -0.2) is 13.1 Å². The van der Waals surface area contributed by atoms with Crippen molar-refractivity contribution in [3.63, 3.8) is 0 Å². The first-order chi connectivity index (χ1) is 9.33. The van der Waals surface area contributed by atoms with Crippen molar-refractivity contribution in [1.82, 2.24) is 5.32 Å². The van der Waals surface area contributed by atoms with E-state index in [0.29, 0.717) is 6.04 Å². The second-order valence-corrected chi connectivity index (χ2v) is 4.97. The van der Waals surface area contributed by atoms with Gasteiger partial charge in [-0.3, -0.25) is 0 Å². The Morgan fingerprint density at radius 3 is 2.68 bits per heavy atom. The largest absolute Gasteiger partial charge is 0.317 e. The van der Waals surface area contributed by atoms with Crippen LogP contribution in [0.15, 0.2) is 42.5 Å². The summed E-state index contributed by atoms with van der Waals surface area (Å²) in [5.74, 6) is 2.71. The van der Waals surface area contributed by atoms with Gasteiger partial charge in [0.2, 0.25) is 0 Å². The van der Waals surface area contributed by atoms with E-state index in [-0.39, 0.29) is 0 Å². The molecule has 0 aliphatic carbocycles. The lowest BCUT2D eigenvalue weighted by Gasteiger charge is -2.16. The first kappa shape index (κ1) is 13.6. The third-order valence-corrected chi connectivity index (χ3v) is 3.58. The lowest BCUT2D eigenvalue weighted by Crippen LogP contribution is -2.27. The van der Waals surface area contributed by atoms with Gasteiger partial charge in [0.25, 0.3) is 0 Å². The van der Waals surface area contributed by atoms with E-state index in [1.165, 1.54) is 16.3 Å². The highest BCUT2D eigenvalue weighted by molar-refractivity contribution is 5.82. The van der Waals surface area contributed by atoms with E-state index in [1.54, 1.807) is 0 Å². The third kappa shape index (κ3) is 3.84. The van der Waals surface area contributed by atoms with Crippen molar-refractivity contribution in [2.24, 2.45) is 0 Å². The van der Waals surface area contributed by atoms with Gasteiger partial charge in [-0.25, -0.2) is 0 Å². The van der Waals surface area contributed by atoms with Crippen molar-refractivity contribution in [1.29, 1.82) is 0 Å². The molecule has 0 spiro atoms. The van der Waals surface area contributed by atoms with Crippen LogP contribution < -0.4 is 5.32 Å². The number of unbranched alkanes of at least 4 members (excludes halogenated alkanes) is 1. The summed E-state index contributed by atoms with van der Waals surface area (Å²) in [6, 6.07) is 15.7. The second-order valence-electron chi connectivity index (χ2n) is 4.97. The maximum absolute atomic E-state index is 5.30. The Hall–Kier alpha value is -1.78. The van der Waals surface area contributed by atoms with Gasteiger partial charge in [-0.1, -0.05) is 42.5 Å². The molecule has 98 valence electrons. The molecule has 2 aromatic rings. The fourth-order valence-electron chi connectivity index (χ4n) is 2.45. The van der Waals surface area contributed by atoms with Gasteiger partial charge >= 0.3 is 0 Å². The SMILES string of the molecule is C#CCCCC(Cc1ccc2ccccc2c1)NC. The maximum atomic E-state index is 5.30. The summed E-state index contributed by atoms with van der Waals surface area (Å²) >= 11 is 0. The molecule has 1 unspecified atom stereocenters. The first-order valence-electron chi connectivity index (χ1n) is 6.92. The van der Waals surface area contributed by atoms with E-state index in [9.17, 15) is 0 Å². The van der Waals surface area contributed by atoms with E-state index >= 15 is 0 Å². The van der Waals surface area contributed by atoms with Gasteiger partial charge in [-0.2, -0.15) is 0 Å². The number of hydrogen-bond donors (Lipinski definition) is 1. The highest BCUT2D eigenvalue weighted by Gasteiger charge is 2.07. The normalized spacial score (nSPS) is 12.2. The van der Waals surface area contributed by atoms with Crippen LogP contribution in [0.1, 0.15) is 24.8 Å². The highest BCUT2D eigenvalue weighted by Crippen LogP contribution is 2.17. The second kappa shape index (κ2) is 6.97. The van der Waals surface area contributed by atoms with Crippen LogP contribution in [0.4, 0.5) is 0 Å². The molecular formula is C18H21N. The Balaban J connectivity index is 2.04. The number of nitrogens with one attached hydrogen (secondary N) is 1. The Morgan fingerprint density at radius 2 is 1.95 bits per heavy atom. The third-order valence-electron chi connectivity index (χ3n) is 3.58. The molecule has 0 heterocycles. The van der Waals surface area contributed by atoms with Crippen LogP contribution in [0, 0.1) is 12.3 Å². The van der Waals surface area contributed by atoms with Crippen molar-refractivity contribution < 1.29 is 0 Å². The minimum Gasteiger partial charge on any atom is -0.317 e. The number of terminal acetylenes is 1. The van der Waals surface area contributed by atoms with Gasteiger partial charge in [0.1, 0.15) is 0 Å². The first-order valence-corrected chi connectivity index (χ1v) is 6.92. The monoisotopic (exact) mass is 251 g/mol. The quantitative estimate of drug-likeness (QED) is 0.608. The molecule has 0 fully saturated rings. The molecule has 1 N–H and O–H groups in total. The van der Waals surface area contributed by atoms with Crippen molar-refractivity contribution in [2.45, 2.75) is 31.7 Å². The standard InChI is InChI=1S/C18H21N/c1-3-4-5-10-18(19-2)14-15-11-12-16-8-6-7-9-17(16)13-15/h1,6-9,11-13,18-19H,4-5,10,14H2,2H3. The Bertz CT molecular complexity index is 565. The highest BCUT2D eigenvalue weighted by atomic mass is 14.9. The number of benzene rings is 2. The maximum Gasteiger partial charge on any atom is 0.0105 e. The molecule has 0 amide bonds. The number of hydrogen-bond acceptors (Lipinski definition) is 1. The summed E-state index contributed by atoms with van der Waals surface area (Å²) in [5, 5.41) is 6.01. The minimum absolute atomic E-state index is 0.509. The predicted molar refractivity (Wildman–Crippen MR) is 83.2 cm³/mol. The topological polar surface area (TPSA) is 12.0 Å². The van der Waals surface area contributed by atoms with Crippen molar-refractivity contribution >= 4 is 10.8 Å². The minimum atomic E-state index is 0.509. The van der Waals surface area contributed by atoms with Crippen LogP contribution >= 0.6 is 0 Å². The summed E-state index contributed by atoms with van der Waals surface area (Å²) in [4.78, 5) is 0. The molecule has 0 saturated heterocycles. The molecule has 0 aromatic heterocycles. The number of likely N-dealkylation sites (N-methyl/N-ethyl adjacent to an activating group) is 1. The molecular weight excluding hydrogens is 230 g/mol. The van der Waals surface area contributed by atoms with Gasteiger partial charge in [-0.15, -0.1) is 12.3 Å². The number of fused-ring (bicyclic) bond motifs is 1.